The summed E-state index contributed by atoms with van der Waals surface area (Å²) in [6, 6.07) is -0.416. The Labute approximate surface area is 105 Å². The van der Waals surface area contributed by atoms with Crippen molar-refractivity contribution in [2.45, 2.75) is 25.8 Å². The third-order valence-electron chi connectivity index (χ3n) is 2.92. The number of hydrogen-bond donors (Lipinski definition) is 1. The summed E-state index contributed by atoms with van der Waals surface area (Å²) in [5, 5.41) is 6.56. The number of amides is 2. The van der Waals surface area contributed by atoms with E-state index in [1.54, 1.807) is 23.0 Å². The first kappa shape index (κ1) is 12.3. The molecule has 1 unspecified atom stereocenters. The van der Waals surface area contributed by atoms with E-state index in [4.69, 9.17) is 0 Å². The smallest absolute Gasteiger partial charge is 0.251 e. The van der Waals surface area contributed by atoms with Gasteiger partial charge >= 0.3 is 0 Å². The van der Waals surface area contributed by atoms with Gasteiger partial charge in [0, 0.05) is 6.42 Å². The van der Waals surface area contributed by atoms with Gasteiger partial charge in [-0.15, -0.1) is 0 Å². The van der Waals surface area contributed by atoms with Crippen LogP contribution in [-0.4, -0.2) is 21.6 Å². The van der Waals surface area contributed by atoms with Gasteiger partial charge in [-0.05, 0) is 25.0 Å². The molecule has 1 fully saturated rings. The first-order chi connectivity index (χ1) is 8.63. The number of carbonyl (C=O) groups excluding carboxylic acids is 2. The molecule has 18 heavy (non-hydrogen) atoms. The predicted octanol–water partition coefficient (Wildman–Crippen LogP) is 1.37. The normalized spacial score (nSPS) is 20.2. The maximum absolute atomic E-state index is 11.8. The van der Waals surface area contributed by atoms with Gasteiger partial charge < -0.3 is 0 Å². The Kier molecular flexibility index (Phi) is 3.41. The number of rotatable bonds is 3. The van der Waals surface area contributed by atoms with Gasteiger partial charge in [0.1, 0.15) is 6.04 Å². The molecule has 2 rings (SSSR count). The summed E-state index contributed by atoms with van der Waals surface area (Å²) >= 11 is 0. The molecule has 1 aromatic heterocycles. The zero-order chi connectivity index (χ0) is 13.1. The van der Waals surface area contributed by atoms with Gasteiger partial charge in [0.05, 0.1) is 11.9 Å². The lowest BCUT2D eigenvalue weighted by molar-refractivity contribution is -0.135. The largest absolute Gasteiger partial charge is 0.295 e. The molecule has 5 nitrogen and oxygen atoms in total. The van der Waals surface area contributed by atoms with Crippen LogP contribution < -0.4 is 5.32 Å². The Morgan fingerprint density at radius 1 is 1.56 bits per heavy atom. The number of imide groups is 1. The maximum atomic E-state index is 11.8. The van der Waals surface area contributed by atoms with Gasteiger partial charge in [-0.25, -0.2) is 0 Å². The van der Waals surface area contributed by atoms with Crippen LogP contribution in [0.1, 0.15) is 30.1 Å². The van der Waals surface area contributed by atoms with Crippen LogP contribution in [0.5, 0.6) is 0 Å². The first-order valence-corrected chi connectivity index (χ1v) is 5.80. The molecule has 0 saturated carbocycles. The first-order valence-electron chi connectivity index (χ1n) is 5.80. The summed E-state index contributed by atoms with van der Waals surface area (Å²) in [4.78, 5) is 22.9. The highest BCUT2D eigenvalue weighted by Gasteiger charge is 2.29. The van der Waals surface area contributed by atoms with Crippen molar-refractivity contribution >= 4 is 17.9 Å². The van der Waals surface area contributed by atoms with E-state index < -0.39 is 6.04 Å². The van der Waals surface area contributed by atoms with Crippen LogP contribution in [0.4, 0.5) is 0 Å². The molecule has 0 radical (unpaired) electrons. The van der Waals surface area contributed by atoms with Crippen molar-refractivity contribution in [1.82, 2.24) is 15.1 Å². The number of aryl methyl sites for hydroxylation is 1. The SMILES string of the molecule is C=C/C=C\c1c(C)cnn1C1CCC(=O)NC1=O. The van der Waals surface area contributed by atoms with Crippen LogP contribution in [-0.2, 0) is 9.59 Å². The molecular weight excluding hydrogens is 230 g/mol. The van der Waals surface area contributed by atoms with Crippen LogP contribution in [0.2, 0.25) is 0 Å². The molecule has 0 spiro atoms. The minimum atomic E-state index is -0.416. The molecule has 2 amide bonds. The summed E-state index contributed by atoms with van der Waals surface area (Å²) in [6.45, 7) is 5.55. The zero-order valence-electron chi connectivity index (χ0n) is 10.2. The molecular formula is C13H15N3O2. The molecule has 94 valence electrons. The Morgan fingerprint density at radius 3 is 3.00 bits per heavy atom. The second kappa shape index (κ2) is 5.00. The van der Waals surface area contributed by atoms with Crippen molar-refractivity contribution in [3.63, 3.8) is 0 Å². The number of aromatic nitrogens is 2. The number of nitrogens with one attached hydrogen (secondary N) is 1. The molecule has 1 atom stereocenters. The number of hydrogen-bond acceptors (Lipinski definition) is 3. The third-order valence-corrected chi connectivity index (χ3v) is 2.92. The Morgan fingerprint density at radius 2 is 2.33 bits per heavy atom. The fraction of sp³-hybridized carbons (Fsp3) is 0.308. The molecule has 2 heterocycles. The molecule has 1 aliphatic heterocycles. The number of allylic oxidation sites excluding steroid dienone is 2. The molecule has 0 bridgehead atoms. The number of piperidine rings is 1. The van der Waals surface area contributed by atoms with Crippen LogP contribution >= 0.6 is 0 Å². The molecule has 1 aliphatic rings. The van der Waals surface area contributed by atoms with Gasteiger partial charge in [-0.1, -0.05) is 18.7 Å². The van der Waals surface area contributed by atoms with E-state index in [0.29, 0.717) is 12.8 Å². The van der Waals surface area contributed by atoms with E-state index in [9.17, 15) is 9.59 Å². The van der Waals surface area contributed by atoms with E-state index in [2.05, 4.69) is 17.0 Å². The second-order valence-corrected chi connectivity index (χ2v) is 4.22. The maximum Gasteiger partial charge on any atom is 0.251 e. The lowest BCUT2D eigenvalue weighted by atomic mass is 10.1. The van der Waals surface area contributed by atoms with Crippen molar-refractivity contribution in [3.05, 3.63) is 36.2 Å². The number of nitrogens with zero attached hydrogens (tertiary/aromatic N) is 2. The summed E-state index contributed by atoms with van der Waals surface area (Å²) in [7, 11) is 0. The summed E-state index contributed by atoms with van der Waals surface area (Å²) in [6.07, 6.45) is 7.87. The average Bonchev–Trinajstić information content (AvgIpc) is 2.68. The van der Waals surface area contributed by atoms with Gasteiger partial charge in [0.25, 0.3) is 5.91 Å². The van der Waals surface area contributed by atoms with Gasteiger partial charge in [-0.2, -0.15) is 5.10 Å². The fourth-order valence-corrected chi connectivity index (χ4v) is 1.99. The van der Waals surface area contributed by atoms with Crippen molar-refractivity contribution in [1.29, 1.82) is 0 Å². The lowest BCUT2D eigenvalue weighted by Gasteiger charge is -2.22. The topological polar surface area (TPSA) is 64.0 Å². The Bertz CT molecular complexity index is 528. The van der Waals surface area contributed by atoms with Gasteiger partial charge in [0.15, 0.2) is 0 Å². The molecule has 1 aromatic rings. The van der Waals surface area contributed by atoms with Crippen molar-refractivity contribution in [2.24, 2.45) is 0 Å². The van der Waals surface area contributed by atoms with Crippen molar-refractivity contribution < 1.29 is 9.59 Å². The summed E-state index contributed by atoms with van der Waals surface area (Å²) in [5.74, 6) is -0.508. The van der Waals surface area contributed by atoms with E-state index in [1.165, 1.54) is 0 Å². The van der Waals surface area contributed by atoms with Crippen LogP contribution in [0, 0.1) is 6.92 Å². The standard InChI is InChI=1S/C13H15N3O2/c1-3-4-5-10-9(2)8-14-16(10)11-6-7-12(17)15-13(11)18/h3-5,8,11H,1,6-7H2,2H3,(H,15,17,18)/b5-4-. The zero-order valence-corrected chi connectivity index (χ0v) is 10.2. The Balaban J connectivity index is 2.33. The molecule has 0 aliphatic carbocycles. The third kappa shape index (κ3) is 2.25. The van der Waals surface area contributed by atoms with Crippen LogP contribution in [0.3, 0.4) is 0 Å². The lowest BCUT2D eigenvalue weighted by Crippen LogP contribution is -2.42. The van der Waals surface area contributed by atoms with Crippen LogP contribution in [0.15, 0.2) is 24.9 Å². The number of carbonyl (C=O) groups is 2. The highest BCUT2D eigenvalue weighted by atomic mass is 16.2. The predicted molar refractivity (Wildman–Crippen MR) is 67.6 cm³/mol. The summed E-state index contributed by atoms with van der Waals surface area (Å²) < 4.78 is 1.66. The van der Waals surface area contributed by atoms with Crippen molar-refractivity contribution in [2.75, 3.05) is 0 Å². The molecule has 0 aromatic carbocycles. The quantitative estimate of drug-likeness (QED) is 0.646. The van der Waals surface area contributed by atoms with Gasteiger partial charge in [0.2, 0.25) is 5.91 Å². The highest BCUT2D eigenvalue weighted by molar-refractivity contribution is 5.99. The average molecular weight is 245 g/mol. The van der Waals surface area contributed by atoms with E-state index in [1.807, 2.05) is 13.0 Å². The molecule has 5 heteroatoms. The minimum absolute atomic E-state index is 0.219. The van der Waals surface area contributed by atoms with E-state index >= 15 is 0 Å². The monoisotopic (exact) mass is 245 g/mol. The summed E-state index contributed by atoms with van der Waals surface area (Å²) in [5.41, 5.74) is 1.85. The fourth-order valence-electron chi connectivity index (χ4n) is 1.99. The second-order valence-electron chi connectivity index (χ2n) is 4.22. The minimum Gasteiger partial charge on any atom is -0.295 e. The molecule has 1 saturated heterocycles. The Hall–Kier alpha value is -2.17. The van der Waals surface area contributed by atoms with Gasteiger partial charge in [-0.3, -0.25) is 19.6 Å². The van der Waals surface area contributed by atoms with E-state index in [-0.39, 0.29) is 11.8 Å². The highest BCUT2D eigenvalue weighted by Crippen LogP contribution is 2.22. The van der Waals surface area contributed by atoms with E-state index in [0.717, 1.165) is 11.3 Å². The molecule has 1 N–H and O–H groups in total. The van der Waals surface area contributed by atoms with Crippen LogP contribution in [0.25, 0.3) is 6.08 Å². The van der Waals surface area contributed by atoms with Crippen molar-refractivity contribution in [3.8, 4) is 0 Å².